The van der Waals surface area contributed by atoms with Crippen molar-refractivity contribution < 1.29 is 23.5 Å². The van der Waals surface area contributed by atoms with Crippen LogP contribution in [0.3, 0.4) is 0 Å². The van der Waals surface area contributed by atoms with E-state index in [1.54, 1.807) is 54.6 Å². The number of esters is 1. The molecule has 0 heterocycles. The first-order chi connectivity index (χ1) is 14.5. The van der Waals surface area contributed by atoms with Crippen molar-refractivity contribution in [2.24, 2.45) is 0 Å². The molecule has 0 radical (unpaired) electrons. The van der Waals surface area contributed by atoms with Crippen molar-refractivity contribution >= 4 is 17.7 Å². The molecule has 1 atom stereocenters. The minimum atomic E-state index is -0.632. The van der Waals surface area contributed by atoms with E-state index in [2.05, 4.69) is 5.32 Å². The lowest BCUT2D eigenvalue weighted by Crippen LogP contribution is -2.31. The van der Waals surface area contributed by atoms with Gasteiger partial charge in [-0.1, -0.05) is 48.5 Å². The van der Waals surface area contributed by atoms with Crippen LogP contribution >= 0.6 is 0 Å². The van der Waals surface area contributed by atoms with Gasteiger partial charge < -0.3 is 10.1 Å². The molecular weight excluding hydrogens is 385 g/mol. The fourth-order valence-electron chi connectivity index (χ4n) is 2.86. The highest BCUT2D eigenvalue weighted by Crippen LogP contribution is 2.18. The van der Waals surface area contributed by atoms with Gasteiger partial charge in [0.2, 0.25) is 0 Å². The Labute approximate surface area is 173 Å². The van der Waals surface area contributed by atoms with Crippen LogP contribution in [-0.4, -0.2) is 24.3 Å². The Bertz CT molecular complexity index is 1000. The van der Waals surface area contributed by atoms with Crippen LogP contribution in [-0.2, 0) is 9.53 Å². The number of amides is 1. The van der Waals surface area contributed by atoms with Crippen LogP contribution < -0.4 is 5.32 Å². The predicted molar refractivity (Wildman–Crippen MR) is 109 cm³/mol. The van der Waals surface area contributed by atoms with Crippen molar-refractivity contribution in [2.75, 3.05) is 6.61 Å². The summed E-state index contributed by atoms with van der Waals surface area (Å²) in [6.45, 7) is -0.460. The molecular formula is C24H20FNO4. The van der Waals surface area contributed by atoms with E-state index in [4.69, 9.17) is 4.74 Å². The molecule has 1 N–H and O–H groups in total. The lowest BCUT2D eigenvalue weighted by Gasteiger charge is -2.18. The number of carbonyl (C=O) groups excluding carboxylic acids is 3. The minimum absolute atomic E-state index is 0.140. The van der Waals surface area contributed by atoms with Gasteiger partial charge in [0.25, 0.3) is 5.91 Å². The molecule has 5 nitrogen and oxygen atoms in total. The molecule has 0 bridgehead atoms. The van der Waals surface area contributed by atoms with E-state index in [-0.39, 0.29) is 17.9 Å². The molecule has 0 aromatic heterocycles. The first kappa shape index (κ1) is 20.9. The molecule has 0 aliphatic carbocycles. The number of benzene rings is 3. The maximum absolute atomic E-state index is 13.0. The maximum atomic E-state index is 13.0. The van der Waals surface area contributed by atoms with E-state index in [9.17, 15) is 18.8 Å². The fourth-order valence-corrected chi connectivity index (χ4v) is 2.86. The van der Waals surface area contributed by atoms with Crippen LogP contribution in [0.15, 0.2) is 84.9 Å². The highest BCUT2D eigenvalue weighted by Gasteiger charge is 2.21. The Morgan fingerprint density at radius 3 is 2.03 bits per heavy atom. The molecule has 1 amide bonds. The monoisotopic (exact) mass is 405 g/mol. The number of Topliss-reactive ketones (excluding diaryl/α,β-unsaturated/α-hetero) is 1. The van der Waals surface area contributed by atoms with Crippen molar-refractivity contribution in [2.45, 2.75) is 12.5 Å². The first-order valence-electron chi connectivity index (χ1n) is 9.38. The van der Waals surface area contributed by atoms with Gasteiger partial charge in [0, 0.05) is 11.1 Å². The van der Waals surface area contributed by atoms with Crippen LogP contribution in [0, 0.1) is 5.82 Å². The van der Waals surface area contributed by atoms with E-state index >= 15 is 0 Å². The summed E-state index contributed by atoms with van der Waals surface area (Å²) in [6, 6.07) is 22.1. The summed E-state index contributed by atoms with van der Waals surface area (Å²) in [6.07, 6.45) is -0.140. The molecule has 0 aliphatic heterocycles. The fraction of sp³-hybridized carbons (Fsp3) is 0.125. The van der Waals surface area contributed by atoms with E-state index in [1.807, 2.05) is 6.07 Å². The van der Waals surface area contributed by atoms with E-state index in [1.165, 1.54) is 24.3 Å². The molecule has 0 fully saturated rings. The van der Waals surface area contributed by atoms with Crippen LogP contribution in [0.2, 0.25) is 0 Å². The van der Waals surface area contributed by atoms with Gasteiger partial charge in [0.05, 0.1) is 12.5 Å². The third-order valence-corrected chi connectivity index (χ3v) is 4.44. The molecule has 30 heavy (non-hydrogen) atoms. The van der Waals surface area contributed by atoms with E-state index < -0.39 is 30.2 Å². The van der Waals surface area contributed by atoms with Crippen molar-refractivity contribution in [3.05, 3.63) is 107 Å². The Morgan fingerprint density at radius 2 is 1.40 bits per heavy atom. The number of ketones is 1. The predicted octanol–water partition coefficient (Wildman–Crippen LogP) is 4.11. The summed E-state index contributed by atoms with van der Waals surface area (Å²) in [5, 5.41) is 2.84. The summed E-state index contributed by atoms with van der Waals surface area (Å²) in [7, 11) is 0. The van der Waals surface area contributed by atoms with Gasteiger partial charge in [-0.15, -0.1) is 0 Å². The quantitative estimate of drug-likeness (QED) is 0.452. The third-order valence-electron chi connectivity index (χ3n) is 4.44. The molecule has 0 saturated carbocycles. The van der Waals surface area contributed by atoms with Crippen molar-refractivity contribution in [3.63, 3.8) is 0 Å². The lowest BCUT2D eigenvalue weighted by molar-refractivity contribution is -0.143. The normalized spacial score (nSPS) is 11.4. The standard InChI is InChI=1S/C24H20FNO4/c25-20-13-11-18(12-14-20)22(27)16-30-23(28)15-21(17-7-3-1-4-8-17)26-24(29)19-9-5-2-6-10-19/h1-14,21H,15-16H2,(H,26,29)/t21-/m1/s1. The smallest absolute Gasteiger partial charge is 0.308 e. The number of hydrogen-bond acceptors (Lipinski definition) is 4. The largest absolute Gasteiger partial charge is 0.457 e. The average molecular weight is 405 g/mol. The van der Waals surface area contributed by atoms with Crippen LogP contribution in [0.4, 0.5) is 4.39 Å². The summed E-state index contributed by atoms with van der Waals surface area (Å²) in [4.78, 5) is 37.0. The second kappa shape index (κ2) is 10.1. The van der Waals surface area contributed by atoms with Gasteiger partial charge in [-0.3, -0.25) is 14.4 Å². The molecule has 152 valence electrons. The summed E-state index contributed by atoms with van der Waals surface area (Å²) < 4.78 is 18.1. The summed E-state index contributed by atoms with van der Waals surface area (Å²) in [5.41, 5.74) is 1.46. The molecule has 0 saturated heterocycles. The zero-order valence-corrected chi connectivity index (χ0v) is 16.1. The second-order valence-electron chi connectivity index (χ2n) is 6.60. The lowest BCUT2D eigenvalue weighted by atomic mass is 10.0. The van der Waals surface area contributed by atoms with Crippen LogP contribution in [0.1, 0.15) is 38.7 Å². The number of rotatable bonds is 8. The number of carbonyl (C=O) groups is 3. The molecule has 0 unspecified atom stereocenters. The Morgan fingerprint density at radius 1 is 0.800 bits per heavy atom. The van der Waals surface area contributed by atoms with E-state index in [0.717, 1.165) is 5.56 Å². The van der Waals surface area contributed by atoms with Crippen molar-refractivity contribution in [3.8, 4) is 0 Å². The van der Waals surface area contributed by atoms with Gasteiger partial charge in [0.15, 0.2) is 12.4 Å². The Hall–Kier alpha value is -3.80. The third kappa shape index (κ3) is 5.85. The highest BCUT2D eigenvalue weighted by molar-refractivity contribution is 5.98. The summed E-state index contributed by atoms with van der Waals surface area (Å²) >= 11 is 0. The summed E-state index contributed by atoms with van der Waals surface area (Å²) in [5.74, 6) is -1.84. The molecule has 6 heteroatoms. The van der Waals surface area contributed by atoms with Crippen molar-refractivity contribution in [1.29, 1.82) is 0 Å². The number of ether oxygens (including phenoxy) is 1. The number of hydrogen-bond donors (Lipinski definition) is 1. The van der Waals surface area contributed by atoms with Gasteiger partial charge in [0.1, 0.15) is 5.82 Å². The highest BCUT2D eigenvalue weighted by atomic mass is 19.1. The van der Waals surface area contributed by atoms with Crippen molar-refractivity contribution in [1.82, 2.24) is 5.32 Å². The Kier molecular flexibility index (Phi) is 7.05. The van der Waals surface area contributed by atoms with Crippen LogP contribution in [0.25, 0.3) is 0 Å². The van der Waals surface area contributed by atoms with Gasteiger partial charge in [-0.25, -0.2) is 4.39 Å². The van der Waals surface area contributed by atoms with Crippen LogP contribution in [0.5, 0.6) is 0 Å². The van der Waals surface area contributed by atoms with Gasteiger partial charge >= 0.3 is 5.97 Å². The molecule has 0 aliphatic rings. The Balaban J connectivity index is 1.63. The second-order valence-corrected chi connectivity index (χ2v) is 6.60. The number of halogens is 1. The number of nitrogens with one attached hydrogen (secondary N) is 1. The van der Waals surface area contributed by atoms with E-state index in [0.29, 0.717) is 5.56 Å². The molecule has 3 rings (SSSR count). The topological polar surface area (TPSA) is 72.5 Å². The SMILES string of the molecule is O=C(C[C@@H](NC(=O)c1ccccc1)c1ccccc1)OCC(=O)c1ccc(F)cc1. The minimum Gasteiger partial charge on any atom is -0.457 e. The van der Waals surface area contributed by atoms with Gasteiger partial charge in [-0.2, -0.15) is 0 Å². The van der Waals surface area contributed by atoms with Gasteiger partial charge in [-0.05, 0) is 42.0 Å². The molecule has 3 aromatic carbocycles. The maximum Gasteiger partial charge on any atom is 0.308 e. The molecule has 3 aromatic rings. The first-order valence-corrected chi connectivity index (χ1v) is 9.38. The average Bonchev–Trinajstić information content (AvgIpc) is 2.78. The zero-order valence-electron chi connectivity index (χ0n) is 16.1. The molecule has 0 spiro atoms. The zero-order chi connectivity index (χ0) is 21.3.